The van der Waals surface area contributed by atoms with Crippen molar-refractivity contribution in [3.8, 4) is 5.75 Å². The van der Waals surface area contributed by atoms with Crippen molar-refractivity contribution in [2.45, 2.75) is 45.1 Å². The van der Waals surface area contributed by atoms with Crippen LogP contribution in [0.2, 0.25) is 0 Å². The monoisotopic (exact) mass is 410 g/mol. The molecule has 0 aliphatic carbocycles. The highest BCUT2D eigenvalue weighted by atomic mass is 16.5. The lowest BCUT2D eigenvalue weighted by molar-refractivity contribution is -0.134. The van der Waals surface area contributed by atoms with Gasteiger partial charge in [0, 0.05) is 33.4 Å². The Bertz CT molecular complexity index is 854. The first-order valence-corrected chi connectivity index (χ1v) is 11.2. The van der Waals surface area contributed by atoms with Gasteiger partial charge in [-0.05, 0) is 62.2 Å². The molecule has 1 amide bonds. The Kier molecular flexibility index (Phi) is 6.42. The van der Waals surface area contributed by atoms with Crippen LogP contribution in [-0.2, 0) is 24.8 Å². The summed E-state index contributed by atoms with van der Waals surface area (Å²) in [6.07, 6.45) is 10.7. The average molecular weight is 411 g/mol. The number of ether oxygens (including phenoxy) is 1. The Hall–Kier alpha value is -2.34. The van der Waals surface area contributed by atoms with Gasteiger partial charge in [0.2, 0.25) is 0 Å². The Morgan fingerprint density at radius 3 is 2.67 bits per heavy atom. The van der Waals surface area contributed by atoms with Crippen LogP contribution in [0, 0.1) is 5.41 Å². The number of fused-ring (bicyclic) bond motifs is 1. The zero-order chi connectivity index (χ0) is 21.0. The number of aryl methyl sites for hydroxylation is 2. The molecule has 0 N–H and O–H groups in total. The van der Waals surface area contributed by atoms with Gasteiger partial charge in [0.15, 0.2) is 6.61 Å². The summed E-state index contributed by atoms with van der Waals surface area (Å²) in [6, 6.07) is 8.14. The van der Waals surface area contributed by atoms with Crippen molar-refractivity contribution >= 4 is 5.91 Å². The van der Waals surface area contributed by atoms with E-state index >= 15 is 0 Å². The summed E-state index contributed by atoms with van der Waals surface area (Å²) in [4.78, 5) is 21.4. The number of benzene rings is 1. The molecule has 0 radical (unpaired) electrons. The lowest BCUT2D eigenvalue weighted by atomic mass is 9.73. The number of likely N-dealkylation sites (N-methyl/N-ethyl adjacent to an activating group) is 1. The maximum atomic E-state index is 12.8. The first-order valence-electron chi connectivity index (χ1n) is 11.2. The molecule has 1 aromatic heterocycles. The van der Waals surface area contributed by atoms with Crippen molar-refractivity contribution in [2.24, 2.45) is 12.5 Å². The van der Waals surface area contributed by atoms with Crippen molar-refractivity contribution in [3.05, 3.63) is 48.0 Å². The van der Waals surface area contributed by atoms with E-state index in [2.05, 4.69) is 33.6 Å². The molecule has 1 saturated heterocycles. The van der Waals surface area contributed by atoms with Crippen LogP contribution in [-0.4, -0.2) is 58.5 Å². The number of carbonyl (C=O) groups is 1. The number of amides is 1. The first kappa shape index (κ1) is 20.9. The number of likely N-dealkylation sites (tertiary alicyclic amines) is 1. The maximum absolute atomic E-state index is 12.8. The Balaban J connectivity index is 1.42. The minimum Gasteiger partial charge on any atom is -0.483 e. The number of rotatable bonds is 2. The molecule has 2 aliphatic rings. The highest BCUT2D eigenvalue weighted by Crippen LogP contribution is 2.38. The van der Waals surface area contributed by atoms with Gasteiger partial charge in [0.25, 0.3) is 5.91 Å². The second kappa shape index (κ2) is 9.21. The SMILES string of the molecule is CN1CC2(CCCCc3ccccc3OCC1=O)CCN(Cc1cncn1C)CC2. The van der Waals surface area contributed by atoms with Crippen molar-refractivity contribution < 1.29 is 9.53 Å². The zero-order valence-corrected chi connectivity index (χ0v) is 18.3. The fourth-order valence-electron chi connectivity index (χ4n) is 4.95. The van der Waals surface area contributed by atoms with Gasteiger partial charge in [-0.3, -0.25) is 9.69 Å². The zero-order valence-electron chi connectivity index (χ0n) is 18.3. The molecular formula is C24H34N4O2. The standard InChI is InChI=1S/C24H34N4O2/c1-26-18-24(11-13-28(14-12-24)16-21-15-25-19-27(21)2)10-6-5-8-20-7-3-4-9-22(20)30-17-23(26)29/h3-4,7,9,15,19H,5-6,8,10-14,16-18H2,1-2H3. The first-order chi connectivity index (χ1) is 14.5. The fourth-order valence-corrected chi connectivity index (χ4v) is 4.95. The fraction of sp³-hybridized carbons (Fsp3) is 0.583. The molecule has 0 bridgehead atoms. The number of aromatic nitrogens is 2. The van der Waals surface area contributed by atoms with Crippen LogP contribution in [0.15, 0.2) is 36.8 Å². The summed E-state index contributed by atoms with van der Waals surface area (Å²) in [6.45, 7) is 4.05. The van der Waals surface area contributed by atoms with Crippen molar-refractivity contribution in [3.63, 3.8) is 0 Å². The summed E-state index contributed by atoms with van der Waals surface area (Å²) >= 11 is 0. The number of hydrogen-bond acceptors (Lipinski definition) is 4. The minimum absolute atomic E-state index is 0.0714. The molecule has 6 heteroatoms. The lowest BCUT2D eigenvalue weighted by Crippen LogP contribution is -2.47. The minimum atomic E-state index is 0.0714. The molecule has 1 fully saturated rings. The van der Waals surface area contributed by atoms with E-state index < -0.39 is 0 Å². The highest BCUT2D eigenvalue weighted by molar-refractivity contribution is 5.77. The van der Waals surface area contributed by atoms with Crippen LogP contribution >= 0.6 is 0 Å². The molecule has 6 nitrogen and oxygen atoms in total. The van der Waals surface area contributed by atoms with E-state index in [1.54, 1.807) is 0 Å². The summed E-state index contributed by atoms with van der Waals surface area (Å²) in [5, 5.41) is 0. The summed E-state index contributed by atoms with van der Waals surface area (Å²) in [5.74, 6) is 0.931. The van der Waals surface area contributed by atoms with E-state index in [4.69, 9.17) is 4.74 Å². The Labute approximate surface area is 179 Å². The predicted molar refractivity (Wildman–Crippen MR) is 117 cm³/mol. The van der Waals surface area contributed by atoms with E-state index in [-0.39, 0.29) is 17.9 Å². The molecule has 1 spiro atoms. The van der Waals surface area contributed by atoms with Gasteiger partial charge in [0.05, 0.1) is 12.0 Å². The molecule has 2 aromatic rings. The molecule has 2 aliphatic heterocycles. The average Bonchev–Trinajstić information content (AvgIpc) is 3.15. The van der Waals surface area contributed by atoms with Crippen LogP contribution in [0.1, 0.15) is 43.4 Å². The van der Waals surface area contributed by atoms with Crippen molar-refractivity contribution in [1.82, 2.24) is 19.4 Å². The van der Waals surface area contributed by atoms with Gasteiger partial charge in [-0.15, -0.1) is 0 Å². The van der Waals surface area contributed by atoms with Crippen molar-refractivity contribution in [2.75, 3.05) is 33.3 Å². The Morgan fingerprint density at radius 2 is 1.90 bits per heavy atom. The molecule has 0 atom stereocenters. The molecule has 30 heavy (non-hydrogen) atoms. The number of nitrogens with zero attached hydrogens (tertiary/aromatic N) is 4. The van der Waals surface area contributed by atoms with Gasteiger partial charge in [-0.1, -0.05) is 24.6 Å². The second-order valence-electron chi connectivity index (χ2n) is 9.13. The van der Waals surface area contributed by atoms with Crippen LogP contribution < -0.4 is 4.74 Å². The normalized spacial score (nSPS) is 20.9. The van der Waals surface area contributed by atoms with Gasteiger partial charge >= 0.3 is 0 Å². The summed E-state index contributed by atoms with van der Waals surface area (Å²) in [5.41, 5.74) is 2.69. The van der Waals surface area contributed by atoms with Crippen LogP contribution in [0.25, 0.3) is 0 Å². The quantitative estimate of drug-likeness (QED) is 0.763. The van der Waals surface area contributed by atoms with Crippen LogP contribution in [0.5, 0.6) is 5.75 Å². The largest absolute Gasteiger partial charge is 0.483 e. The smallest absolute Gasteiger partial charge is 0.260 e. The molecule has 4 rings (SSSR count). The lowest BCUT2D eigenvalue weighted by Gasteiger charge is -2.44. The highest BCUT2D eigenvalue weighted by Gasteiger charge is 2.36. The summed E-state index contributed by atoms with van der Waals surface area (Å²) in [7, 11) is 3.99. The van der Waals surface area contributed by atoms with E-state index in [1.807, 2.05) is 36.6 Å². The van der Waals surface area contributed by atoms with E-state index in [0.29, 0.717) is 0 Å². The third-order valence-electron chi connectivity index (χ3n) is 6.94. The van der Waals surface area contributed by atoms with Gasteiger partial charge in [-0.2, -0.15) is 0 Å². The number of carbonyl (C=O) groups excluding carboxylic acids is 1. The van der Waals surface area contributed by atoms with Crippen LogP contribution in [0.3, 0.4) is 0 Å². The van der Waals surface area contributed by atoms with Gasteiger partial charge in [0.1, 0.15) is 5.75 Å². The molecule has 3 heterocycles. The Morgan fingerprint density at radius 1 is 1.10 bits per heavy atom. The second-order valence-corrected chi connectivity index (χ2v) is 9.13. The molecule has 0 unspecified atom stereocenters. The maximum Gasteiger partial charge on any atom is 0.260 e. The van der Waals surface area contributed by atoms with Gasteiger partial charge in [-0.25, -0.2) is 4.98 Å². The van der Waals surface area contributed by atoms with Gasteiger partial charge < -0.3 is 14.2 Å². The number of piperidine rings is 1. The van der Waals surface area contributed by atoms with E-state index in [0.717, 1.165) is 51.2 Å². The third kappa shape index (κ3) is 4.86. The predicted octanol–water partition coefficient (Wildman–Crippen LogP) is 3.27. The third-order valence-corrected chi connectivity index (χ3v) is 6.94. The van der Waals surface area contributed by atoms with Crippen LogP contribution in [0.4, 0.5) is 0 Å². The summed E-state index contributed by atoms with van der Waals surface area (Å²) < 4.78 is 8.00. The van der Waals surface area contributed by atoms with E-state index in [9.17, 15) is 4.79 Å². The number of imidazole rings is 1. The number of para-hydroxylation sites is 1. The molecule has 0 saturated carbocycles. The molecular weight excluding hydrogens is 376 g/mol. The molecule has 1 aromatic carbocycles. The van der Waals surface area contributed by atoms with E-state index in [1.165, 1.54) is 30.5 Å². The van der Waals surface area contributed by atoms with Crippen molar-refractivity contribution in [1.29, 1.82) is 0 Å². The topological polar surface area (TPSA) is 50.6 Å². The number of hydrogen-bond donors (Lipinski definition) is 0. The molecule has 162 valence electrons.